The number of aliphatic carboxylic acids is 1. The molecule has 0 bridgehead atoms. The van der Waals surface area contributed by atoms with Gasteiger partial charge in [0, 0.05) is 12.1 Å². The Morgan fingerprint density at radius 3 is 2.12 bits per heavy atom. The van der Waals surface area contributed by atoms with Gasteiger partial charge in [-0.3, -0.25) is 4.31 Å². The van der Waals surface area contributed by atoms with E-state index in [1.807, 2.05) is 30.3 Å². The van der Waals surface area contributed by atoms with Gasteiger partial charge in [-0.25, -0.2) is 13.2 Å². The van der Waals surface area contributed by atoms with Crippen LogP contribution in [-0.4, -0.2) is 32.6 Å². The van der Waals surface area contributed by atoms with Crippen LogP contribution in [0.25, 0.3) is 5.57 Å². The predicted molar refractivity (Wildman–Crippen MR) is 125 cm³/mol. The Hall–Kier alpha value is -3.58. The summed E-state index contributed by atoms with van der Waals surface area (Å²) in [4.78, 5) is 11.6. The van der Waals surface area contributed by atoms with Gasteiger partial charge in [-0.2, -0.15) is 0 Å². The highest BCUT2D eigenvalue weighted by Crippen LogP contribution is 2.31. The second kappa shape index (κ2) is 9.70. The molecule has 1 N–H and O–H groups in total. The molecule has 0 atom stereocenters. The summed E-state index contributed by atoms with van der Waals surface area (Å²) < 4.78 is 33.4. The molecular weight excluding hydrogens is 426 g/mol. The molecule has 0 saturated carbocycles. The van der Waals surface area contributed by atoms with Crippen LogP contribution in [0.5, 0.6) is 5.75 Å². The summed E-state index contributed by atoms with van der Waals surface area (Å²) in [6.07, 6.45) is 1.13. The molecule has 0 aromatic heterocycles. The van der Waals surface area contributed by atoms with Crippen molar-refractivity contribution in [1.82, 2.24) is 0 Å². The first-order valence-corrected chi connectivity index (χ1v) is 11.5. The average Bonchev–Trinajstić information content (AvgIpc) is 2.78. The predicted octanol–water partition coefficient (Wildman–Crippen LogP) is 4.82. The quantitative estimate of drug-likeness (QED) is 0.497. The minimum atomic E-state index is -3.87. The van der Waals surface area contributed by atoms with E-state index in [1.165, 1.54) is 23.5 Å². The smallest absolute Gasteiger partial charge is 0.328 e. The third-order valence-electron chi connectivity index (χ3n) is 4.85. The van der Waals surface area contributed by atoms with E-state index in [0.717, 1.165) is 11.6 Å². The zero-order valence-corrected chi connectivity index (χ0v) is 18.9. The molecule has 166 valence electrons. The van der Waals surface area contributed by atoms with Gasteiger partial charge < -0.3 is 9.84 Å². The van der Waals surface area contributed by atoms with Crippen LogP contribution in [0.1, 0.15) is 25.0 Å². The first kappa shape index (κ1) is 23.1. The fourth-order valence-electron chi connectivity index (χ4n) is 3.46. The topological polar surface area (TPSA) is 83.9 Å². The minimum absolute atomic E-state index is 0.141. The van der Waals surface area contributed by atoms with Gasteiger partial charge in [-0.15, -0.1) is 0 Å². The molecule has 0 saturated heterocycles. The van der Waals surface area contributed by atoms with Gasteiger partial charge >= 0.3 is 5.97 Å². The van der Waals surface area contributed by atoms with E-state index < -0.39 is 16.0 Å². The fraction of sp³-hybridized carbons (Fsp3) is 0.160. The maximum Gasteiger partial charge on any atom is 0.328 e. The molecule has 3 aromatic carbocycles. The first-order valence-electron chi connectivity index (χ1n) is 10.0. The number of nitrogens with zero attached hydrogens (tertiary/aromatic N) is 1. The highest BCUT2D eigenvalue weighted by atomic mass is 32.2. The molecule has 6 nitrogen and oxygen atoms in total. The standard InChI is InChI=1S/C25H25NO5S/c1-18(2)26(32(29,30)23-14-12-22(31-3)13-15-23)21-11-7-10-20(16-21)24(17-25(27)28)19-8-5-4-6-9-19/h4-18H,1-3H3,(H,27,28)/b24-17-. The Balaban J connectivity index is 2.11. The first-order chi connectivity index (χ1) is 15.2. The van der Waals surface area contributed by atoms with Crippen molar-refractivity contribution in [2.24, 2.45) is 0 Å². The molecule has 0 spiro atoms. The van der Waals surface area contributed by atoms with Crippen LogP contribution >= 0.6 is 0 Å². The molecule has 0 aliphatic heterocycles. The molecule has 7 heteroatoms. The molecule has 0 amide bonds. The number of ether oxygens (including phenoxy) is 1. The minimum Gasteiger partial charge on any atom is -0.497 e. The average molecular weight is 452 g/mol. The van der Waals surface area contributed by atoms with Gasteiger partial charge in [0.25, 0.3) is 10.0 Å². The number of hydrogen-bond donors (Lipinski definition) is 1. The Morgan fingerprint density at radius 1 is 0.938 bits per heavy atom. The second-order valence-corrected chi connectivity index (χ2v) is 9.20. The van der Waals surface area contributed by atoms with Crippen molar-refractivity contribution in [1.29, 1.82) is 0 Å². The number of sulfonamides is 1. The number of anilines is 1. The van der Waals surface area contributed by atoms with Crippen molar-refractivity contribution in [2.75, 3.05) is 11.4 Å². The van der Waals surface area contributed by atoms with E-state index in [4.69, 9.17) is 4.74 Å². The van der Waals surface area contributed by atoms with Crippen molar-refractivity contribution in [3.05, 3.63) is 96.1 Å². The van der Waals surface area contributed by atoms with Crippen LogP contribution < -0.4 is 9.04 Å². The molecule has 0 radical (unpaired) electrons. The van der Waals surface area contributed by atoms with Crippen molar-refractivity contribution in [3.63, 3.8) is 0 Å². The Morgan fingerprint density at radius 2 is 1.56 bits per heavy atom. The maximum absolute atomic E-state index is 13.5. The lowest BCUT2D eigenvalue weighted by molar-refractivity contribution is -0.131. The van der Waals surface area contributed by atoms with Gasteiger partial charge in [-0.1, -0.05) is 42.5 Å². The Kier molecular flexibility index (Phi) is 7.00. The number of hydrogen-bond acceptors (Lipinski definition) is 4. The summed E-state index contributed by atoms with van der Waals surface area (Å²) in [5, 5.41) is 9.40. The summed E-state index contributed by atoms with van der Waals surface area (Å²) in [6, 6.07) is 21.9. The van der Waals surface area contributed by atoms with Gasteiger partial charge in [0.15, 0.2) is 0 Å². The van der Waals surface area contributed by atoms with Gasteiger partial charge in [0.05, 0.1) is 17.7 Å². The molecule has 32 heavy (non-hydrogen) atoms. The van der Waals surface area contributed by atoms with Crippen molar-refractivity contribution in [3.8, 4) is 5.75 Å². The number of carbonyl (C=O) groups is 1. The highest BCUT2D eigenvalue weighted by molar-refractivity contribution is 7.92. The normalized spacial score (nSPS) is 11.9. The molecule has 3 rings (SSSR count). The lowest BCUT2D eigenvalue weighted by Gasteiger charge is -2.29. The van der Waals surface area contributed by atoms with E-state index in [2.05, 4.69) is 0 Å². The lowest BCUT2D eigenvalue weighted by Crippen LogP contribution is -2.37. The van der Waals surface area contributed by atoms with E-state index in [1.54, 1.807) is 50.2 Å². The molecule has 0 aliphatic rings. The number of methoxy groups -OCH3 is 1. The second-order valence-electron chi connectivity index (χ2n) is 7.38. The van der Waals surface area contributed by atoms with E-state index in [9.17, 15) is 18.3 Å². The van der Waals surface area contributed by atoms with E-state index in [-0.39, 0.29) is 10.9 Å². The van der Waals surface area contributed by atoms with Gasteiger partial charge in [0.1, 0.15) is 5.75 Å². The van der Waals surface area contributed by atoms with Crippen molar-refractivity contribution in [2.45, 2.75) is 24.8 Å². The summed E-state index contributed by atoms with van der Waals surface area (Å²) in [5.74, 6) is -0.519. The number of carboxylic acid groups (broad SMARTS) is 1. The van der Waals surface area contributed by atoms with E-state index >= 15 is 0 Å². The molecule has 0 fully saturated rings. The number of benzene rings is 3. The molecular formula is C25H25NO5S. The Bertz CT molecular complexity index is 1220. The van der Waals surface area contributed by atoms with Crippen LogP contribution in [0.3, 0.4) is 0 Å². The van der Waals surface area contributed by atoms with Gasteiger partial charge in [0.2, 0.25) is 0 Å². The molecule has 0 aliphatic carbocycles. The molecule has 3 aromatic rings. The largest absolute Gasteiger partial charge is 0.497 e. The van der Waals surface area contributed by atoms with Crippen LogP contribution in [0.4, 0.5) is 5.69 Å². The number of rotatable bonds is 8. The SMILES string of the molecule is COc1ccc(S(=O)(=O)N(c2cccc(/C(=C\C(=O)O)c3ccccc3)c2)C(C)C)cc1. The van der Waals surface area contributed by atoms with Gasteiger partial charge in [-0.05, 0) is 66.9 Å². The van der Waals surface area contributed by atoms with E-state index in [0.29, 0.717) is 22.6 Å². The summed E-state index contributed by atoms with van der Waals surface area (Å²) in [6.45, 7) is 3.58. The maximum atomic E-state index is 13.5. The third kappa shape index (κ3) is 5.00. The third-order valence-corrected chi connectivity index (χ3v) is 6.87. The molecule has 0 unspecified atom stereocenters. The Labute approximate surface area is 188 Å². The van der Waals surface area contributed by atoms with Crippen molar-refractivity contribution >= 4 is 27.3 Å². The zero-order valence-electron chi connectivity index (χ0n) is 18.1. The van der Waals surface area contributed by atoms with Crippen molar-refractivity contribution < 1.29 is 23.1 Å². The molecule has 0 heterocycles. The van der Waals surface area contributed by atoms with Crippen LogP contribution in [-0.2, 0) is 14.8 Å². The summed E-state index contributed by atoms with van der Waals surface area (Å²) in [5.41, 5.74) is 2.26. The monoisotopic (exact) mass is 451 g/mol. The summed E-state index contributed by atoms with van der Waals surface area (Å²) >= 11 is 0. The van der Waals surface area contributed by atoms with Crippen LogP contribution in [0, 0.1) is 0 Å². The zero-order chi connectivity index (χ0) is 23.3. The lowest BCUT2D eigenvalue weighted by atomic mass is 9.97. The highest BCUT2D eigenvalue weighted by Gasteiger charge is 2.28. The number of carboxylic acids is 1. The summed E-state index contributed by atoms with van der Waals surface area (Å²) in [7, 11) is -2.35. The van der Waals surface area contributed by atoms with Crippen LogP contribution in [0.2, 0.25) is 0 Å². The fourth-order valence-corrected chi connectivity index (χ4v) is 5.11. The van der Waals surface area contributed by atoms with Crippen LogP contribution in [0.15, 0.2) is 89.8 Å².